The lowest BCUT2D eigenvalue weighted by molar-refractivity contribution is 0.0231. The molecule has 102 valence electrons. The lowest BCUT2D eigenvalue weighted by Gasteiger charge is -2.23. The molecule has 0 aromatic heterocycles. The zero-order valence-corrected chi connectivity index (χ0v) is 11.9. The van der Waals surface area contributed by atoms with E-state index in [9.17, 15) is 0 Å². The van der Waals surface area contributed by atoms with Gasteiger partial charge >= 0.3 is 0 Å². The van der Waals surface area contributed by atoms with Crippen LogP contribution in [0.5, 0.6) is 0 Å². The highest BCUT2D eigenvalue weighted by Gasteiger charge is 2.40. The van der Waals surface area contributed by atoms with Gasteiger partial charge in [0.25, 0.3) is 0 Å². The molecule has 1 fully saturated rings. The molecule has 1 unspecified atom stereocenters. The first kappa shape index (κ1) is 12.1. The van der Waals surface area contributed by atoms with Crippen LogP contribution in [0.4, 0.5) is 0 Å². The Balaban J connectivity index is 1.84. The minimum atomic E-state index is -0.225. The highest BCUT2D eigenvalue weighted by atomic mass is 16.5. The number of hydrogen-bond donors (Lipinski definition) is 1. The van der Waals surface area contributed by atoms with Crippen molar-refractivity contribution in [3.8, 4) is 11.1 Å². The van der Waals surface area contributed by atoms with Crippen LogP contribution >= 0.6 is 0 Å². The standard InChI is InChI=1S/C18H19NO/c1-18(2)19-16(11-20-18)17-14-9-5-3-7-12(14)13-8-4-6-10-15(13)17/h3-10,16-17,19H,11H2,1-2H3. The molecule has 4 rings (SSSR count). The number of benzene rings is 2. The maximum Gasteiger partial charge on any atom is 0.113 e. The van der Waals surface area contributed by atoms with Crippen molar-refractivity contribution in [2.45, 2.75) is 31.5 Å². The second-order valence-electron chi connectivity index (χ2n) is 6.22. The molecule has 1 N–H and O–H groups in total. The molecule has 1 aliphatic carbocycles. The minimum absolute atomic E-state index is 0.225. The van der Waals surface area contributed by atoms with Crippen molar-refractivity contribution in [2.75, 3.05) is 6.61 Å². The van der Waals surface area contributed by atoms with Gasteiger partial charge in [-0.2, -0.15) is 0 Å². The van der Waals surface area contributed by atoms with E-state index < -0.39 is 0 Å². The molecule has 2 nitrogen and oxygen atoms in total. The van der Waals surface area contributed by atoms with Gasteiger partial charge < -0.3 is 4.74 Å². The van der Waals surface area contributed by atoms with E-state index in [1.807, 2.05) is 0 Å². The fourth-order valence-corrected chi connectivity index (χ4v) is 3.64. The second-order valence-corrected chi connectivity index (χ2v) is 6.22. The number of hydrogen-bond acceptors (Lipinski definition) is 2. The van der Waals surface area contributed by atoms with Crippen molar-refractivity contribution in [1.82, 2.24) is 5.32 Å². The molecule has 2 aliphatic rings. The molecule has 1 saturated heterocycles. The van der Waals surface area contributed by atoms with Crippen LogP contribution < -0.4 is 5.32 Å². The highest BCUT2D eigenvalue weighted by Crippen LogP contribution is 2.47. The molecule has 1 atom stereocenters. The molecule has 0 radical (unpaired) electrons. The molecule has 20 heavy (non-hydrogen) atoms. The maximum atomic E-state index is 5.88. The average Bonchev–Trinajstić information content (AvgIpc) is 2.96. The topological polar surface area (TPSA) is 21.3 Å². The zero-order valence-electron chi connectivity index (χ0n) is 11.9. The largest absolute Gasteiger partial charge is 0.360 e. The Kier molecular flexibility index (Phi) is 2.53. The molecular formula is C18H19NO. The quantitative estimate of drug-likeness (QED) is 0.851. The first-order valence-electron chi connectivity index (χ1n) is 7.26. The summed E-state index contributed by atoms with van der Waals surface area (Å²) >= 11 is 0. The minimum Gasteiger partial charge on any atom is -0.360 e. The van der Waals surface area contributed by atoms with Crippen molar-refractivity contribution >= 4 is 0 Å². The Morgan fingerprint density at radius 2 is 1.50 bits per heavy atom. The van der Waals surface area contributed by atoms with Gasteiger partial charge in [0.05, 0.1) is 6.61 Å². The zero-order chi connectivity index (χ0) is 13.7. The summed E-state index contributed by atoms with van der Waals surface area (Å²) in [6.07, 6.45) is 0. The molecule has 2 aromatic carbocycles. The van der Waals surface area contributed by atoms with E-state index in [1.54, 1.807) is 0 Å². The van der Waals surface area contributed by atoms with Gasteiger partial charge in [-0.25, -0.2) is 0 Å². The van der Waals surface area contributed by atoms with E-state index in [1.165, 1.54) is 22.3 Å². The van der Waals surface area contributed by atoms with Gasteiger partial charge in [0, 0.05) is 12.0 Å². The third kappa shape index (κ3) is 1.72. The lowest BCUT2D eigenvalue weighted by atomic mass is 9.90. The van der Waals surface area contributed by atoms with Crippen molar-refractivity contribution in [1.29, 1.82) is 0 Å². The van der Waals surface area contributed by atoms with Gasteiger partial charge in [-0.3, -0.25) is 5.32 Å². The molecule has 0 spiro atoms. The van der Waals surface area contributed by atoms with Gasteiger partial charge in [-0.1, -0.05) is 48.5 Å². The average molecular weight is 265 g/mol. The molecule has 0 bridgehead atoms. The molecule has 0 saturated carbocycles. The molecular weight excluding hydrogens is 246 g/mol. The number of ether oxygens (including phenoxy) is 1. The van der Waals surface area contributed by atoms with Gasteiger partial charge in [0.1, 0.15) is 5.72 Å². The third-order valence-corrected chi connectivity index (χ3v) is 4.44. The maximum absolute atomic E-state index is 5.88. The lowest BCUT2D eigenvalue weighted by Crippen LogP contribution is -2.41. The number of rotatable bonds is 1. The second kappa shape index (κ2) is 4.18. The van der Waals surface area contributed by atoms with Crippen molar-refractivity contribution in [3.05, 3.63) is 59.7 Å². The summed E-state index contributed by atoms with van der Waals surface area (Å²) in [5.41, 5.74) is 5.37. The SMILES string of the molecule is CC1(C)NC(C2c3ccccc3-c3ccccc32)CO1. The van der Waals surface area contributed by atoms with E-state index in [4.69, 9.17) is 4.74 Å². The van der Waals surface area contributed by atoms with E-state index in [2.05, 4.69) is 67.7 Å². The normalized spacial score (nSPS) is 23.6. The number of nitrogens with one attached hydrogen (secondary N) is 1. The van der Waals surface area contributed by atoms with Crippen LogP contribution in [-0.4, -0.2) is 18.4 Å². The Bertz CT molecular complexity index is 616. The third-order valence-electron chi connectivity index (χ3n) is 4.44. The fourth-order valence-electron chi connectivity index (χ4n) is 3.64. The molecule has 2 heteroatoms. The predicted octanol–water partition coefficient (Wildman–Crippen LogP) is 3.52. The van der Waals surface area contributed by atoms with E-state index in [-0.39, 0.29) is 5.72 Å². The summed E-state index contributed by atoms with van der Waals surface area (Å²) in [6.45, 7) is 4.96. The Morgan fingerprint density at radius 1 is 0.950 bits per heavy atom. The number of fused-ring (bicyclic) bond motifs is 3. The van der Waals surface area contributed by atoms with Crippen LogP contribution in [0.15, 0.2) is 48.5 Å². The van der Waals surface area contributed by atoms with Crippen molar-refractivity contribution in [3.63, 3.8) is 0 Å². The van der Waals surface area contributed by atoms with E-state index in [0.29, 0.717) is 12.0 Å². The van der Waals surface area contributed by atoms with Crippen molar-refractivity contribution in [2.24, 2.45) is 0 Å². The van der Waals surface area contributed by atoms with Crippen LogP contribution in [0.25, 0.3) is 11.1 Å². The van der Waals surface area contributed by atoms with Crippen LogP contribution in [0.3, 0.4) is 0 Å². The Labute approximate surface area is 119 Å². The van der Waals surface area contributed by atoms with Crippen LogP contribution in [-0.2, 0) is 4.74 Å². The smallest absolute Gasteiger partial charge is 0.113 e. The summed E-state index contributed by atoms with van der Waals surface area (Å²) in [7, 11) is 0. The summed E-state index contributed by atoms with van der Waals surface area (Å²) in [5, 5.41) is 3.63. The molecule has 0 amide bonds. The Hall–Kier alpha value is -1.64. The van der Waals surface area contributed by atoms with Crippen LogP contribution in [0.2, 0.25) is 0 Å². The predicted molar refractivity (Wildman–Crippen MR) is 80.7 cm³/mol. The van der Waals surface area contributed by atoms with E-state index in [0.717, 1.165) is 6.61 Å². The van der Waals surface area contributed by atoms with Gasteiger partial charge in [-0.15, -0.1) is 0 Å². The summed E-state index contributed by atoms with van der Waals surface area (Å²) in [5.74, 6) is 0.393. The molecule has 2 aromatic rings. The van der Waals surface area contributed by atoms with Gasteiger partial charge in [0.2, 0.25) is 0 Å². The van der Waals surface area contributed by atoms with Crippen LogP contribution in [0, 0.1) is 0 Å². The van der Waals surface area contributed by atoms with E-state index >= 15 is 0 Å². The summed E-state index contributed by atoms with van der Waals surface area (Å²) in [4.78, 5) is 0. The summed E-state index contributed by atoms with van der Waals surface area (Å²) < 4.78 is 5.88. The first-order chi connectivity index (χ1) is 9.66. The molecule has 1 heterocycles. The van der Waals surface area contributed by atoms with Gasteiger partial charge in [0.15, 0.2) is 0 Å². The fraction of sp³-hybridized carbons (Fsp3) is 0.333. The Morgan fingerprint density at radius 3 is 2.00 bits per heavy atom. The van der Waals surface area contributed by atoms with Crippen LogP contribution in [0.1, 0.15) is 30.9 Å². The monoisotopic (exact) mass is 265 g/mol. The summed E-state index contributed by atoms with van der Waals surface area (Å²) in [6, 6.07) is 17.8. The van der Waals surface area contributed by atoms with Gasteiger partial charge in [-0.05, 0) is 36.1 Å². The van der Waals surface area contributed by atoms with Crippen molar-refractivity contribution < 1.29 is 4.74 Å². The molecule has 1 aliphatic heterocycles. The first-order valence-corrected chi connectivity index (χ1v) is 7.26. The highest BCUT2D eigenvalue weighted by molar-refractivity contribution is 5.79.